The largest absolute Gasteiger partial charge is 0.434 e. The summed E-state index contributed by atoms with van der Waals surface area (Å²) in [7, 11) is 0. The topological polar surface area (TPSA) is 88.5 Å². The Labute approximate surface area is 198 Å². The quantitative estimate of drug-likeness (QED) is 0.365. The number of nitrogens with one attached hydrogen (secondary N) is 2. The third-order valence-corrected chi connectivity index (χ3v) is 5.71. The number of halogens is 2. The van der Waals surface area contributed by atoms with E-state index in [2.05, 4.69) is 20.1 Å². The Morgan fingerprint density at radius 3 is 2.57 bits per heavy atom. The first-order valence-electron chi connectivity index (χ1n) is 10.9. The molecular weight excluding hydrogens is 454 g/mol. The smallest absolute Gasteiger partial charge is 0.387 e. The molecule has 5 rings (SSSR count). The van der Waals surface area contributed by atoms with Crippen molar-refractivity contribution in [2.45, 2.75) is 19.6 Å². The number of carbonyl (C=O) groups excluding carboxylic acids is 1. The second kappa shape index (κ2) is 9.02. The van der Waals surface area contributed by atoms with E-state index in [0.717, 1.165) is 16.3 Å². The van der Waals surface area contributed by atoms with Gasteiger partial charge in [0, 0.05) is 17.2 Å². The van der Waals surface area contributed by atoms with Gasteiger partial charge in [0.15, 0.2) is 5.69 Å². The van der Waals surface area contributed by atoms with Crippen molar-refractivity contribution < 1.29 is 18.3 Å². The van der Waals surface area contributed by atoms with Crippen LogP contribution in [0, 0.1) is 0 Å². The average Bonchev–Trinajstić information content (AvgIpc) is 3.29. The van der Waals surface area contributed by atoms with Gasteiger partial charge in [0.1, 0.15) is 11.3 Å². The van der Waals surface area contributed by atoms with Gasteiger partial charge in [-0.15, -0.1) is 0 Å². The van der Waals surface area contributed by atoms with Gasteiger partial charge in [-0.25, -0.2) is 4.52 Å². The van der Waals surface area contributed by atoms with Gasteiger partial charge in [-0.3, -0.25) is 9.59 Å². The van der Waals surface area contributed by atoms with Crippen LogP contribution in [0.5, 0.6) is 5.75 Å². The molecule has 0 aliphatic rings. The number of hydrogen-bond acceptors (Lipinski definition) is 4. The Kier molecular flexibility index (Phi) is 5.74. The number of carbonyl (C=O) groups is 1. The molecule has 0 fully saturated rings. The molecule has 0 saturated heterocycles. The SMILES string of the molecule is CC(NC(=O)c1cc2c(=O)[nH]c(-c3ccc4ccccc4c3)cn2n1)c1ccccc1OC(F)F. The molecule has 2 N–H and O–H groups in total. The first kappa shape index (κ1) is 22.3. The van der Waals surface area contributed by atoms with E-state index >= 15 is 0 Å². The van der Waals surface area contributed by atoms with Crippen LogP contribution in [0.4, 0.5) is 8.78 Å². The maximum Gasteiger partial charge on any atom is 0.387 e. The van der Waals surface area contributed by atoms with Crippen LogP contribution in [0.25, 0.3) is 27.5 Å². The summed E-state index contributed by atoms with van der Waals surface area (Å²) in [5.41, 5.74) is 1.56. The minimum absolute atomic E-state index is 0.0188. The van der Waals surface area contributed by atoms with Crippen LogP contribution in [0.3, 0.4) is 0 Å². The lowest BCUT2D eigenvalue weighted by atomic mass is 10.1. The van der Waals surface area contributed by atoms with Gasteiger partial charge in [0.25, 0.3) is 11.5 Å². The summed E-state index contributed by atoms with van der Waals surface area (Å²) in [6.45, 7) is -1.34. The summed E-state index contributed by atoms with van der Waals surface area (Å²) >= 11 is 0. The van der Waals surface area contributed by atoms with E-state index in [1.54, 1.807) is 31.3 Å². The predicted molar refractivity (Wildman–Crippen MR) is 128 cm³/mol. The van der Waals surface area contributed by atoms with Crippen LogP contribution < -0.4 is 15.6 Å². The zero-order valence-corrected chi connectivity index (χ0v) is 18.5. The summed E-state index contributed by atoms with van der Waals surface area (Å²) in [4.78, 5) is 28.4. The highest BCUT2D eigenvalue weighted by Gasteiger charge is 2.20. The molecule has 35 heavy (non-hydrogen) atoms. The normalized spacial score (nSPS) is 12.2. The van der Waals surface area contributed by atoms with Crippen LogP contribution in [0.2, 0.25) is 0 Å². The lowest BCUT2D eigenvalue weighted by Crippen LogP contribution is -2.27. The van der Waals surface area contributed by atoms with Crippen molar-refractivity contribution in [1.82, 2.24) is 19.9 Å². The molecule has 0 bridgehead atoms. The molecule has 176 valence electrons. The van der Waals surface area contributed by atoms with Crippen LogP contribution in [0.15, 0.2) is 83.8 Å². The van der Waals surface area contributed by atoms with E-state index in [-0.39, 0.29) is 17.0 Å². The highest BCUT2D eigenvalue weighted by molar-refractivity contribution is 5.94. The van der Waals surface area contributed by atoms with Gasteiger partial charge in [-0.05, 0) is 29.8 Å². The van der Waals surface area contributed by atoms with Crippen LogP contribution in [-0.4, -0.2) is 27.1 Å². The van der Waals surface area contributed by atoms with Gasteiger partial charge in [0.05, 0.1) is 17.9 Å². The Morgan fingerprint density at radius 1 is 1.03 bits per heavy atom. The molecule has 0 aliphatic heterocycles. The first-order chi connectivity index (χ1) is 16.9. The molecule has 7 nitrogen and oxygen atoms in total. The number of alkyl halides is 2. The molecule has 1 unspecified atom stereocenters. The fraction of sp³-hybridized carbons (Fsp3) is 0.115. The molecule has 5 aromatic rings. The average molecular weight is 474 g/mol. The maximum atomic E-state index is 12.9. The second-order valence-electron chi connectivity index (χ2n) is 8.03. The molecule has 2 aromatic heterocycles. The fourth-order valence-electron chi connectivity index (χ4n) is 4.01. The van der Waals surface area contributed by atoms with Crippen molar-refractivity contribution in [2.75, 3.05) is 0 Å². The molecule has 1 atom stereocenters. The van der Waals surface area contributed by atoms with E-state index < -0.39 is 24.1 Å². The number of H-pyrrole nitrogens is 1. The lowest BCUT2D eigenvalue weighted by molar-refractivity contribution is -0.0506. The number of benzene rings is 3. The zero-order valence-electron chi connectivity index (χ0n) is 18.5. The fourth-order valence-corrected chi connectivity index (χ4v) is 4.01. The van der Waals surface area contributed by atoms with Crippen molar-refractivity contribution in [1.29, 1.82) is 0 Å². The van der Waals surface area contributed by atoms with Crippen LogP contribution >= 0.6 is 0 Å². The molecule has 0 aliphatic carbocycles. The van der Waals surface area contributed by atoms with Crippen molar-refractivity contribution >= 4 is 22.2 Å². The number of aromatic amines is 1. The molecule has 3 aromatic carbocycles. The number of hydrogen-bond donors (Lipinski definition) is 2. The van der Waals surface area contributed by atoms with Crippen molar-refractivity contribution in [2.24, 2.45) is 0 Å². The molecule has 1 amide bonds. The predicted octanol–water partition coefficient (Wildman–Crippen LogP) is 4.94. The highest BCUT2D eigenvalue weighted by atomic mass is 19.3. The lowest BCUT2D eigenvalue weighted by Gasteiger charge is -2.17. The monoisotopic (exact) mass is 474 g/mol. The first-order valence-corrected chi connectivity index (χ1v) is 10.9. The Hall–Kier alpha value is -4.53. The Bertz CT molecular complexity index is 1610. The van der Waals surface area contributed by atoms with E-state index in [1.807, 2.05) is 42.5 Å². The third kappa shape index (κ3) is 4.48. The number of aromatic nitrogens is 3. The van der Waals surface area contributed by atoms with Crippen molar-refractivity contribution in [3.05, 3.63) is 101 Å². The molecule has 0 saturated carbocycles. The van der Waals surface area contributed by atoms with Crippen LogP contribution in [-0.2, 0) is 0 Å². The van der Waals surface area contributed by atoms with Gasteiger partial charge in [-0.1, -0.05) is 54.6 Å². The number of rotatable bonds is 6. The third-order valence-electron chi connectivity index (χ3n) is 5.71. The number of ether oxygens (including phenoxy) is 1. The number of fused-ring (bicyclic) bond motifs is 2. The molecular formula is C26H20F2N4O3. The Morgan fingerprint density at radius 2 is 1.77 bits per heavy atom. The zero-order chi connectivity index (χ0) is 24.5. The summed E-state index contributed by atoms with van der Waals surface area (Å²) in [5, 5.41) is 9.09. The molecule has 2 heterocycles. The van der Waals surface area contributed by atoms with E-state index in [4.69, 9.17) is 0 Å². The molecule has 0 radical (unpaired) electrons. The van der Waals surface area contributed by atoms with Crippen LogP contribution in [0.1, 0.15) is 29.0 Å². The minimum Gasteiger partial charge on any atom is -0.434 e. The second-order valence-corrected chi connectivity index (χ2v) is 8.03. The number of nitrogens with zero attached hydrogens (tertiary/aromatic N) is 2. The van der Waals surface area contributed by atoms with Gasteiger partial charge < -0.3 is 15.0 Å². The Balaban J connectivity index is 1.43. The van der Waals surface area contributed by atoms with Gasteiger partial charge >= 0.3 is 6.61 Å². The van der Waals surface area contributed by atoms with Gasteiger partial charge in [-0.2, -0.15) is 13.9 Å². The van der Waals surface area contributed by atoms with E-state index in [9.17, 15) is 18.4 Å². The maximum absolute atomic E-state index is 12.9. The summed E-state index contributed by atoms with van der Waals surface area (Å²) in [6.07, 6.45) is 1.65. The summed E-state index contributed by atoms with van der Waals surface area (Å²) in [5.74, 6) is -0.582. The number of amides is 1. The van der Waals surface area contributed by atoms with Crippen molar-refractivity contribution in [3.8, 4) is 17.0 Å². The highest BCUT2D eigenvalue weighted by Crippen LogP contribution is 2.27. The van der Waals surface area contributed by atoms with Crippen molar-refractivity contribution in [3.63, 3.8) is 0 Å². The number of para-hydroxylation sites is 1. The molecule has 0 spiro atoms. The summed E-state index contributed by atoms with van der Waals surface area (Å²) in [6, 6.07) is 20.7. The standard InChI is InChI=1S/C26H20F2N4O3/c1-15(19-8-4-5-9-23(19)35-26(27)28)29-24(33)20-13-22-25(34)30-21(14-32(22)31-20)18-11-10-16-6-2-3-7-17(16)12-18/h2-15,26H,1H3,(H,29,33)(H,30,34). The summed E-state index contributed by atoms with van der Waals surface area (Å²) < 4.78 is 31.4. The minimum atomic E-state index is -2.99. The van der Waals surface area contributed by atoms with Gasteiger partial charge in [0.2, 0.25) is 0 Å². The molecule has 9 heteroatoms. The van der Waals surface area contributed by atoms with E-state index in [0.29, 0.717) is 11.3 Å². The van der Waals surface area contributed by atoms with E-state index in [1.165, 1.54) is 16.6 Å².